The largest absolute Gasteiger partial charge is 0.381 e. The molecule has 0 spiro atoms. The third kappa shape index (κ3) is 13.9. The average molecular weight is 268 g/mol. The summed E-state index contributed by atoms with van der Waals surface area (Å²) in [5.74, 6) is 0. The second-order valence-corrected chi connectivity index (χ2v) is 5.69. The van der Waals surface area contributed by atoms with Crippen molar-refractivity contribution in [2.24, 2.45) is 0 Å². The van der Waals surface area contributed by atoms with Crippen LogP contribution in [-0.2, 0) is 4.74 Å². The van der Waals surface area contributed by atoms with Crippen LogP contribution in [0.4, 0.5) is 0 Å². The molecule has 1 heteroatoms. The zero-order valence-electron chi connectivity index (χ0n) is 13.5. The number of allylic oxidation sites excluding steroid dienone is 1. The van der Waals surface area contributed by atoms with E-state index >= 15 is 0 Å². The van der Waals surface area contributed by atoms with Gasteiger partial charge >= 0.3 is 0 Å². The van der Waals surface area contributed by atoms with Crippen LogP contribution in [0.1, 0.15) is 90.4 Å². The summed E-state index contributed by atoms with van der Waals surface area (Å²) in [5, 5.41) is 0. The quantitative estimate of drug-likeness (QED) is 0.251. The van der Waals surface area contributed by atoms with Crippen molar-refractivity contribution in [3.63, 3.8) is 0 Å². The first-order chi connectivity index (χ1) is 9.35. The molecule has 0 bridgehead atoms. The van der Waals surface area contributed by atoms with Crippen molar-refractivity contribution in [2.45, 2.75) is 96.5 Å². The molecule has 0 N–H and O–H groups in total. The van der Waals surface area contributed by atoms with Gasteiger partial charge in [0.15, 0.2) is 0 Å². The molecule has 0 rings (SSSR count). The molecule has 0 aromatic carbocycles. The zero-order valence-corrected chi connectivity index (χ0v) is 13.5. The Morgan fingerprint density at radius 3 is 1.89 bits per heavy atom. The lowest BCUT2D eigenvalue weighted by atomic mass is 10.0. The molecule has 1 atom stereocenters. The SMILES string of the molecule is C=CCCCC(CCCCCCCCCCC)OC. The van der Waals surface area contributed by atoms with E-state index in [4.69, 9.17) is 4.74 Å². The van der Waals surface area contributed by atoms with Crippen LogP contribution in [0.25, 0.3) is 0 Å². The van der Waals surface area contributed by atoms with Gasteiger partial charge in [-0.15, -0.1) is 6.58 Å². The van der Waals surface area contributed by atoms with Gasteiger partial charge in [-0.25, -0.2) is 0 Å². The van der Waals surface area contributed by atoms with Gasteiger partial charge in [0.1, 0.15) is 0 Å². The van der Waals surface area contributed by atoms with Crippen LogP contribution in [0.5, 0.6) is 0 Å². The van der Waals surface area contributed by atoms with Gasteiger partial charge in [0, 0.05) is 7.11 Å². The second-order valence-electron chi connectivity index (χ2n) is 5.69. The monoisotopic (exact) mass is 268 g/mol. The minimum absolute atomic E-state index is 0.476. The maximum atomic E-state index is 5.53. The predicted molar refractivity (Wildman–Crippen MR) is 86.7 cm³/mol. The van der Waals surface area contributed by atoms with Gasteiger partial charge in [-0.3, -0.25) is 0 Å². The number of hydrogen-bond acceptors (Lipinski definition) is 1. The fourth-order valence-corrected chi connectivity index (χ4v) is 2.55. The summed E-state index contributed by atoms with van der Waals surface area (Å²) in [6.45, 7) is 6.04. The highest BCUT2D eigenvalue weighted by Crippen LogP contribution is 2.15. The fraction of sp³-hybridized carbons (Fsp3) is 0.889. The molecule has 0 heterocycles. The molecule has 0 fully saturated rings. The van der Waals surface area contributed by atoms with Crippen LogP contribution in [0.3, 0.4) is 0 Å². The van der Waals surface area contributed by atoms with Crippen LogP contribution in [0, 0.1) is 0 Å². The highest BCUT2D eigenvalue weighted by molar-refractivity contribution is 4.68. The van der Waals surface area contributed by atoms with Crippen LogP contribution in [-0.4, -0.2) is 13.2 Å². The van der Waals surface area contributed by atoms with Crippen molar-refractivity contribution in [3.05, 3.63) is 12.7 Å². The highest BCUT2D eigenvalue weighted by Gasteiger charge is 2.05. The Bertz CT molecular complexity index is 177. The Balaban J connectivity index is 3.24. The van der Waals surface area contributed by atoms with Gasteiger partial charge < -0.3 is 4.74 Å². The van der Waals surface area contributed by atoms with Gasteiger partial charge in [0.05, 0.1) is 6.10 Å². The molecule has 0 aliphatic rings. The van der Waals surface area contributed by atoms with Crippen molar-refractivity contribution < 1.29 is 4.74 Å². The lowest BCUT2D eigenvalue weighted by molar-refractivity contribution is 0.0840. The van der Waals surface area contributed by atoms with Crippen molar-refractivity contribution in [1.29, 1.82) is 0 Å². The van der Waals surface area contributed by atoms with Gasteiger partial charge in [-0.1, -0.05) is 70.8 Å². The molecule has 1 nitrogen and oxygen atoms in total. The van der Waals surface area contributed by atoms with Crippen LogP contribution in [0.15, 0.2) is 12.7 Å². The Hall–Kier alpha value is -0.300. The Labute approximate surface area is 121 Å². The molecular formula is C18H36O. The minimum atomic E-state index is 0.476. The van der Waals surface area contributed by atoms with E-state index in [1.807, 2.05) is 13.2 Å². The second kappa shape index (κ2) is 15.8. The van der Waals surface area contributed by atoms with Crippen molar-refractivity contribution in [1.82, 2.24) is 0 Å². The third-order valence-corrected chi connectivity index (χ3v) is 3.90. The molecule has 0 aromatic rings. The average Bonchev–Trinajstić information content (AvgIpc) is 2.43. The first-order valence-electron chi connectivity index (χ1n) is 8.48. The molecule has 0 aliphatic carbocycles. The predicted octanol–water partition coefficient (Wildman–Crippen LogP) is 6.28. The molecule has 0 saturated carbocycles. The van der Waals surface area contributed by atoms with Gasteiger partial charge in [0.25, 0.3) is 0 Å². The Kier molecular flexibility index (Phi) is 15.5. The van der Waals surface area contributed by atoms with Crippen LogP contribution >= 0.6 is 0 Å². The van der Waals surface area contributed by atoms with Gasteiger partial charge in [0.2, 0.25) is 0 Å². The maximum Gasteiger partial charge on any atom is 0.0571 e. The lowest BCUT2D eigenvalue weighted by Crippen LogP contribution is -2.10. The number of unbranched alkanes of at least 4 members (excludes halogenated alkanes) is 9. The van der Waals surface area contributed by atoms with E-state index in [2.05, 4.69) is 13.5 Å². The zero-order chi connectivity index (χ0) is 14.2. The summed E-state index contributed by atoms with van der Waals surface area (Å²) in [5.41, 5.74) is 0. The van der Waals surface area contributed by atoms with Crippen molar-refractivity contribution in [3.8, 4) is 0 Å². The summed E-state index contributed by atoms with van der Waals surface area (Å²) in [6.07, 6.45) is 19.9. The molecular weight excluding hydrogens is 232 g/mol. The van der Waals surface area contributed by atoms with E-state index < -0.39 is 0 Å². The van der Waals surface area contributed by atoms with E-state index in [0.29, 0.717) is 6.10 Å². The topological polar surface area (TPSA) is 9.23 Å². The minimum Gasteiger partial charge on any atom is -0.381 e. The third-order valence-electron chi connectivity index (χ3n) is 3.90. The van der Waals surface area contributed by atoms with E-state index in [-0.39, 0.29) is 0 Å². The number of rotatable bonds is 15. The summed E-state index contributed by atoms with van der Waals surface area (Å²) >= 11 is 0. The molecule has 1 unspecified atom stereocenters. The van der Waals surface area contributed by atoms with E-state index in [0.717, 1.165) is 6.42 Å². The normalized spacial score (nSPS) is 12.5. The summed E-state index contributed by atoms with van der Waals surface area (Å²) < 4.78 is 5.53. The molecule has 0 radical (unpaired) electrons. The van der Waals surface area contributed by atoms with Gasteiger partial charge in [-0.05, 0) is 25.7 Å². The first-order valence-corrected chi connectivity index (χ1v) is 8.48. The molecule has 0 saturated heterocycles. The standard InChI is InChI=1S/C18H36O/c1-4-6-8-9-10-11-12-13-15-17-18(19-3)16-14-7-5-2/h5,18H,2,4,6-17H2,1,3H3. The maximum absolute atomic E-state index is 5.53. The molecule has 114 valence electrons. The smallest absolute Gasteiger partial charge is 0.0571 e. The highest BCUT2D eigenvalue weighted by atomic mass is 16.5. The lowest BCUT2D eigenvalue weighted by Gasteiger charge is -2.14. The number of ether oxygens (including phenoxy) is 1. The molecule has 0 aliphatic heterocycles. The van der Waals surface area contributed by atoms with Crippen molar-refractivity contribution in [2.75, 3.05) is 7.11 Å². The molecule has 19 heavy (non-hydrogen) atoms. The van der Waals surface area contributed by atoms with Crippen LogP contribution < -0.4 is 0 Å². The van der Waals surface area contributed by atoms with E-state index in [1.165, 1.54) is 77.0 Å². The number of methoxy groups -OCH3 is 1. The van der Waals surface area contributed by atoms with E-state index in [9.17, 15) is 0 Å². The summed E-state index contributed by atoms with van der Waals surface area (Å²) in [6, 6.07) is 0. The summed E-state index contributed by atoms with van der Waals surface area (Å²) in [4.78, 5) is 0. The molecule has 0 aromatic heterocycles. The number of hydrogen-bond donors (Lipinski definition) is 0. The summed E-state index contributed by atoms with van der Waals surface area (Å²) in [7, 11) is 1.85. The van der Waals surface area contributed by atoms with Crippen molar-refractivity contribution >= 4 is 0 Å². The fourth-order valence-electron chi connectivity index (χ4n) is 2.55. The van der Waals surface area contributed by atoms with E-state index in [1.54, 1.807) is 0 Å². The van der Waals surface area contributed by atoms with Gasteiger partial charge in [-0.2, -0.15) is 0 Å². The first kappa shape index (κ1) is 18.7. The molecule has 0 amide bonds. The Morgan fingerprint density at radius 1 is 0.842 bits per heavy atom. The Morgan fingerprint density at radius 2 is 1.37 bits per heavy atom. The van der Waals surface area contributed by atoms with Crippen LogP contribution in [0.2, 0.25) is 0 Å².